The number of hydrogen-bond donors (Lipinski definition) is 1. The third-order valence-electron chi connectivity index (χ3n) is 2.53. The van der Waals surface area contributed by atoms with Gasteiger partial charge in [0.05, 0.1) is 13.1 Å². The number of rotatable bonds is 8. The fourth-order valence-electron chi connectivity index (χ4n) is 1.64. The van der Waals surface area contributed by atoms with Crippen LogP contribution < -0.4 is 5.32 Å². The first-order chi connectivity index (χ1) is 10.2. The predicted molar refractivity (Wildman–Crippen MR) is 91.7 cm³/mol. The van der Waals surface area contributed by atoms with Crippen LogP contribution in [0.15, 0.2) is 21.5 Å². The third kappa shape index (κ3) is 8.05. The highest BCUT2D eigenvalue weighted by Crippen LogP contribution is 2.12. The van der Waals surface area contributed by atoms with Crippen LogP contribution in [-0.4, -0.2) is 48.5 Å². The number of aliphatic imine (C=N–C) groups is 1. The number of hydrogen-bond acceptors (Lipinski definition) is 6. The Bertz CT molecular complexity index is 480. The van der Waals surface area contributed by atoms with Crippen LogP contribution >= 0.6 is 23.5 Å². The van der Waals surface area contributed by atoms with E-state index in [0.29, 0.717) is 5.17 Å². The summed E-state index contributed by atoms with van der Waals surface area (Å²) in [4.78, 5) is 6.40. The Labute approximate surface area is 135 Å². The molecule has 1 aromatic rings. The van der Waals surface area contributed by atoms with Gasteiger partial charge in [-0.3, -0.25) is 10.3 Å². The molecule has 1 N–H and O–H groups in total. The fraction of sp³-hybridized carbons (Fsp3) is 0.571. The van der Waals surface area contributed by atoms with Crippen molar-refractivity contribution in [1.29, 1.82) is 5.26 Å². The van der Waals surface area contributed by atoms with Gasteiger partial charge in [-0.2, -0.15) is 17.0 Å². The van der Waals surface area contributed by atoms with Gasteiger partial charge in [-0.25, -0.2) is 0 Å². The molecule has 0 saturated carbocycles. The molecule has 0 radical (unpaired) electrons. The molecule has 0 atom stereocenters. The molecule has 1 aromatic heterocycles. The minimum Gasteiger partial charge on any atom is -0.465 e. The number of nitriles is 1. The molecule has 0 fully saturated rings. The predicted octanol–water partition coefficient (Wildman–Crippen LogP) is 2.41. The van der Waals surface area contributed by atoms with Gasteiger partial charge in [-0.1, -0.05) is 11.8 Å². The monoisotopic (exact) mass is 326 g/mol. The smallest absolute Gasteiger partial charge is 0.183 e. The number of amidine groups is 1. The van der Waals surface area contributed by atoms with Gasteiger partial charge in [0.2, 0.25) is 0 Å². The second kappa shape index (κ2) is 10.6. The van der Waals surface area contributed by atoms with Gasteiger partial charge in [-0.05, 0) is 32.5 Å². The molecule has 0 aliphatic carbocycles. The second-order valence-electron chi connectivity index (χ2n) is 4.60. The van der Waals surface area contributed by atoms with Gasteiger partial charge in [0.15, 0.2) is 11.4 Å². The van der Waals surface area contributed by atoms with Crippen molar-refractivity contribution in [1.82, 2.24) is 10.2 Å². The Morgan fingerprint density at radius 3 is 2.81 bits per heavy atom. The molecular formula is C14H22N4OS2. The topological polar surface area (TPSA) is 64.6 Å². The van der Waals surface area contributed by atoms with Crippen LogP contribution in [0.3, 0.4) is 0 Å². The molecule has 0 spiro atoms. The van der Waals surface area contributed by atoms with E-state index in [2.05, 4.69) is 21.3 Å². The van der Waals surface area contributed by atoms with Crippen molar-refractivity contribution in [2.45, 2.75) is 13.0 Å². The van der Waals surface area contributed by atoms with Crippen molar-refractivity contribution in [3.63, 3.8) is 0 Å². The standard InChI is InChI=1S/C14H22N4OS2/c1-18(2)10-13-5-4-12(19-13)6-8-21-9-7-16-14(20-3)17-11-15/h4-5H,6-10H2,1-3H3,(H,16,17). The van der Waals surface area contributed by atoms with Gasteiger partial charge in [0, 0.05) is 17.9 Å². The lowest BCUT2D eigenvalue weighted by Gasteiger charge is -2.05. The quantitative estimate of drug-likeness (QED) is 0.260. The van der Waals surface area contributed by atoms with Crippen molar-refractivity contribution >= 4 is 28.7 Å². The molecule has 0 aliphatic rings. The van der Waals surface area contributed by atoms with E-state index in [1.807, 2.05) is 44.4 Å². The van der Waals surface area contributed by atoms with Crippen LogP contribution in [0, 0.1) is 11.5 Å². The van der Waals surface area contributed by atoms with Crippen LogP contribution in [0.4, 0.5) is 0 Å². The lowest BCUT2D eigenvalue weighted by molar-refractivity contribution is 0.342. The summed E-state index contributed by atoms with van der Waals surface area (Å²) in [5, 5.41) is 11.8. The molecule has 0 aromatic carbocycles. The highest BCUT2D eigenvalue weighted by atomic mass is 32.2. The van der Waals surface area contributed by atoms with Gasteiger partial charge in [0.25, 0.3) is 0 Å². The molecule has 116 valence electrons. The average Bonchev–Trinajstić information content (AvgIpc) is 2.88. The van der Waals surface area contributed by atoms with Crippen molar-refractivity contribution in [3.05, 3.63) is 23.7 Å². The first-order valence-electron chi connectivity index (χ1n) is 6.69. The maximum absolute atomic E-state index is 8.52. The fourth-order valence-corrected chi connectivity index (χ4v) is 2.78. The summed E-state index contributed by atoms with van der Waals surface area (Å²) in [6.45, 7) is 1.56. The van der Waals surface area contributed by atoms with Gasteiger partial charge < -0.3 is 9.32 Å². The SMILES string of the molecule is CS/C(=N\CCSCCc1ccc(CN(C)C)o1)NC#N. The summed E-state index contributed by atoms with van der Waals surface area (Å²) in [6.07, 6.45) is 4.72. The molecule has 0 aliphatic heterocycles. The average molecular weight is 326 g/mol. The van der Waals surface area contributed by atoms with Crippen molar-refractivity contribution in [2.24, 2.45) is 4.99 Å². The molecule has 0 bridgehead atoms. The largest absolute Gasteiger partial charge is 0.465 e. The molecule has 7 heteroatoms. The van der Waals surface area contributed by atoms with Crippen LogP contribution in [0.2, 0.25) is 0 Å². The summed E-state index contributed by atoms with van der Waals surface area (Å²) in [5.41, 5.74) is 0. The Hall–Kier alpha value is -1.10. The summed E-state index contributed by atoms with van der Waals surface area (Å²) >= 11 is 3.30. The second-order valence-corrected chi connectivity index (χ2v) is 6.62. The summed E-state index contributed by atoms with van der Waals surface area (Å²) in [5.74, 6) is 4.02. The van der Waals surface area contributed by atoms with E-state index < -0.39 is 0 Å². The zero-order chi connectivity index (χ0) is 15.5. The summed E-state index contributed by atoms with van der Waals surface area (Å²) in [7, 11) is 4.06. The Kier molecular flexibility index (Phi) is 9.06. The van der Waals surface area contributed by atoms with Crippen molar-refractivity contribution in [2.75, 3.05) is 38.4 Å². The van der Waals surface area contributed by atoms with E-state index >= 15 is 0 Å². The number of thioether (sulfide) groups is 2. The highest BCUT2D eigenvalue weighted by Gasteiger charge is 2.03. The molecule has 5 nitrogen and oxygen atoms in total. The maximum atomic E-state index is 8.52. The van der Waals surface area contributed by atoms with E-state index in [1.54, 1.807) is 0 Å². The molecule has 0 unspecified atom stereocenters. The van der Waals surface area contributed by atoms with E-state index in [1.165, 1.54) is 11.8 Å². The molecule has 1 rings (SSSR count). The zero-order valence-electron chi connectivity index (χ0n) is 12.8. The number of nitrogens with zero attached hydrogens (tertiary/aromatic N) is 3. The van der Waals surface area contributed by atoms with E-state index in [4.69, 9.17) is 9.68 Å². The molecule has 0 saturated heterocycles. The maximum Gasteiger partial charge on any atom is 0.183 e. The van der Waals surface area contributed by atoms with Crippen molar-refractivity contribution in [3.8, 4) is 6.19 Å². The number of nitrogens with one attached hydrogen (secondary N) is 1. The van der Waals surface area contributed by atoms with E-state index in [0.717, 1.165) is 42.5 Å². The highest BCUT2D eigenvalue weighted by molar-refractivity contribution is 8.13. The lowest BCUT2D eigenvalue weighted by Crippen LogP contribution is -2.13. The zero-order valence-corrected chi connectivity index (χ0v) is 14.4. The van der Waals surface area contributed by atoms with Crippen LogP contribution in [-0.2, 0) is 13.0 Å². The first-order valence-corrected chi connectivity index (χ1v) is 9.07. The van der Waals surface area contributed by atoms with Crippen LogP contribution in [0.5, 0.6) is 0 Å². The lowest BCUT2D eigenvalue weighted by atomic mass is 10.3. The Balaban J connectivity index is 2.17. The number of aryl methyl sites for hydroxylation is 1. The first kappa shape index (κ1) is 18.0. The minimum atomic E-state index is 0.678. The van der Waals surface area contributed by atoms with Gasteiger partial charge >= 0.3 is 0 Å². The summed E-state index contributed by atoms with van der Waals surface area (Å²) in [6, 6.07) is 4.10. The molecule has 21 heavy (non-hydrogen) atoms. The minimum absolute atomic E-state index is 0.678. The van der Waals surface area contributed by atoms with E-state index in [9.17, 15) is 0 Å². The molecular weight excluding hydrogens is 304 g/mol. The molecule has 0 amide bonds. The Morgan fingerprint density at radius 2 is 2.14 bits per heavy atom. The molecule has 1 heterocycles. The third-order valence-corrected chi connectivity index (χ3v) is 4.11. The Morgan fingerprint density at radius 1 is 1.38 bits per heavy atom. The van der Waals surface area contributed by atoms with Gasteiger partial charge in [0.1, 0.15) is 11.5 Å². The normalized spacial score (nSPS) is 11.7. The number of furan rings is 1. The van der Waals surface area contributed by atoms with E-state index in [-0.39, 0.29) is 0 Å². The van der Waals surface area contributed by atoms with Crippen molar-refractivity contribution < 1.29 is 4.42 Å². The van der Waals surface area contributed by atoms with Crippen LogP contribution in [0.25, 0.3) is 0 Å². The van der Waals surface area contributed by atoms with Gasteiger partial charge in [-0.15, -0.1) is 0 Å². The van der Waals surface area contributed by atoms with Crippen LogP contribution in [0.1, 0.15) is 11.5 Å². The summed E-state index contributed by atoms with van der Waals surface area (Å²) < 4.78 is 5.76.